The second-order valence-corrected chi connectivity index (χ2v) is 5.38. The van der Waals surface area contributed by atoms with E-state index in [0.29, 0.717) is 11.5 Å². The fraction of sp³-hybridized carbons (Fsp3) is 0.500. The summed E-state index contributed by atoms with van der Waals surface area (Å²) in [7, 11) is 1.50. The molecule has 1 amide bonds. The number of carbonyl (C=O) groups is 1. The van der Waals surface area contributed by atoms with E-state index in [2.05, 4.69) is 29.2 Å². The monoisotopic (exact) mass is 276 g/mol. The van der Waals surface area contributed by atoms with Gasteiger partial charge in [-0.2, -0.15) is 0 Å². The second kappa shape index (κ2) is 8.35. The molecule has 1 aromatic carbocycles. The highest BCUT2D eigenvalue weighted by Crippen LogP contribution is 2.08. The van der Waals surface area contributed by atoms with E-state index >= 15 is 0 Å². The van der Waals surface area contributed by atoms with Gasteiger partial charge in [-0.05, 0) is 43.4 Å². The van der Waals surface area contributed by atoms with Gasteiger partial charge in [-0.15, -0.1) is 0 Å². The molecular weight excluding hydrogens is 252 g/mol. The van der Waals surface area contributed by atoms with Gasteiger partial charge in [0.25, 0.3) is 5.91 Å². The minimum Gasteiger partial charge on any atom is -0.399 e. The summed E-state index contributed by atoms with van der Waals surface area (Å²) in [6, 6.07) is 7.47. The lowest BCUT2D eigenvalue weighted by atomic mass is 10.0. The standard InChI is InChI=1S/C16H24N2O2/c1-12(2)5-6-13(3)18-16(19)15-9-7-14(8-10-15)11-17-20-4/h7-13H,5-6H2,1-4H3,(H,18,19)/b17-11+. The highest BCUT2D eigenvalue weighted by Gasteiger charge is 2.10. The van der Waals surface area contributed by atoms with Crippen molar-refractivity contribution in [3.63, 3.8) is 0 Å². The van der Waals surface area contributed by atoms with Crippen molar-refractivity contribution in [2.24, 2.45) is 11.1 Å². The molecule has 0 aliphatic heterocycles. The van der Waals surface area contributed by atoms with Crippen molar-refractivity contribution in [3.05, 3.63) is 35.4 Å². The Hall–Kier alpha value is -1.84. The van der Waals surface area contributed by atoms with E-state index in [1.165, 1.54) is 7.11 Å². The fourth-order valence-electron chi connectivity index (χ4n) is 1.80. The maximum absolute atomic E-state index is 12.1. The van der Waals surface area contributed by atoms with E-state index in [4.69, 9.17) is 0 Å². The fourth-order valence-corrected chi connectivity index (χ4v) is 1.80. The van der Waals surface area contributed by atoms with Crippen molar-refractivity contribution >= 4 is 12.1 Å². The molecule has 1 atom stereocenters. The zero-order valence-electron chi connectivity index (χ0n) is 12.7. The molecule has 1 N–H and O–H groups in total. The topological polar surface area (TPSA) is 50.7 Å². The van der Waals surface area contributed by atoms with E-state index < -0.39 is 0 Å². The van der Waals surface area contributed by atoms with Gasteiger partial charge in [0.15, 0.2) is 0 Å². The molecule has 110 valence electrons. The number of rotatable bonds is 7. The van der Waals surface area contributed by atoms with E-state index in [9.17, 15) is 4.79 Å². The van der Waals surface area contributed by atoms with Gasteiger partial charge in [-0.3, -0.25) is 4.79 Å². The third kappa shape index (κ3) is 5.87. The highest BCUT2D eigenvalue weighted by molar-refractivity contribution is 5.95. The van der Waals surface area contributed by atoms with Crippen LogP contribution in [0.4, 0.5) is 0 Å². The number of benzene rings is 1. The molecule has 0 saturated carbocycles. The van der Waals surface area contributed by atoms with Crippen molar-refractivity contribution < 1.29 is 9.63 Å². The number of oxime groups is 1. The Labute approximate surface area is 121 Å². The Balaban J connectivity index is 2.53. The zero-order valence-corrected chi connectivity index (χ0v) is 12.7. The summed E-state index contributed by atoms with van der Waals surface area (Å²) in [6.07, 6.45) is 3.72. The summed E-state index contributed by atoms with van der Waals surface area (Å²) < 4.78 is 0. The van der Waals surface area contributed by atoms with Gasteiger partial charge in [-0.1, -0.05) is 31.1 Å². The molecule has 0 radical (unpaired) electrons. The minimum absolute atomic E-state index is 0.0310. The summed E-state index contributed by atoms with van der Waals surface area (Å²) in [6.45, 7) is 6.42. The van der Waals surface area contributed by atoms with E-state index in [0.717, 1.165) is 18.4 Å². The number of nitrogens with one attached hydrogen (secondary N) is 1. The lowest BCUT2D eigenvalue weighted by Gasteiger charge is -2.15. The van der Waals surface area contributed by atoms with Crippen LogP contribution in [0.25, 0.3) is 0 Å². The Kier molecular flexibility index (Phi) is 6.77. The van der Waals surface area contributed by atoms with Gasteiger partial charge < -0.3 is 10.2 Å². The first-order valence-corrected chi connectivity index (χ1v) is 7.00. The lowest BCUT2D eigenvalue weighted by molar-refractivity contribution is 0.0937. The number of hydrogen-bond acceptors (Lipinski definition) is 3. The molecule has 0 aliphatic carbocycles. The van der Waals surface area contributed by atoms with Crippen LogP contribution in [0.1, 0.15) is 49.5 Å². The quantitative estimate of drug-likeness (QED) is 0.614. The molecule has 0 spiro atoms. The summed E-state index contributed by atoms with van der Waals surface area (Å²) >= 11 is 0. The van der Waals surface area contributed by atoms with E-state index in [-0.39, 0.29) is 11.9 Å². The van der Waals surface area contributed by atoms with Crippen molar-refractivity contribution in [1.82, 2.24) is 5.32 Å². The van der Waals surface area contributed by atoms with Crippen LogP contribution >= 0.6 is 0 Å². The van der Waals surface area contributed by atoms with Crippen LogP contribution in [-0.2, 0) is 4.84 Å². The molecule has 4 heteroatoms. The summed E-state index contributed by atoms with van der Waals surface area (Å²) in [4.78, 5) is 16.7. The van der Waals surface area contributed by atoms with Crippen molar-refractivity contribution in [3.8, 4) is 0 Å². The van der Waals surface area contributed by atoms with Crippen LogP contribution in [0.15, 0.2) is 29.4 Å². The van der Waals surface area contributed by atoms with Crippen LogP contribution in [0.3, 0.4) is 0 Å². The van der Waals surface area contributed by atoms with Crippen LogP contribution in [-0.4, -0.2) is 25.3 Å². The molecule has 0 fully saturated rings. The smallest absolute Gasteiger partial charge is 0.251 e. The highest BCUT2D eigenvalue weighted by atomic mass is 16.6. The zero-order chi connectivity index (χ0) is 15.0. The van der Waals surface area contributed by atoms with Gasteiger partial charge in [0.1, 0.15) is 7.11 Å². The molecule has 0 bridgehead atoms. The molecule has 20 heavy (non-hydrogen) atoms. The van der Waals surface area contributed by atoms with Gasteiger partial charge >= 0.3 is 0 Å². The first-order valence-electron chi connectivity index (χ1n) is 7.00. The first kappa shape index (κ1) is 16.2. The maximum Gasteiger partial charge on any atom is 0.251 e. The SMILES string of the molecule is CO/N=C/c1ccc(C(=O)NC(C)CCC(C)C)cc1. The average Bonchev–Trinajstić information content (AvgIpc) is 2.43. The number of carbonyl (C=O) groups excluding carboxylic acids is 1. The molecule has 0 aliphatic rings. The largest absolute Gasteiger partial charge is 0.399 e. The van der Waals surface area contributed by atoms with Crippen LogP contribution < -0.4 is 5.32 Å². The molecule has 0 aromatic heterocycles. The normalized spacial score (nSPS) is 12.7. The summed E-state index contributed by atoms with van der Waals surface area (Å²) in [5.74, 6) is 0.630. The third-order valence-corrected chi connectivity index (χ3v) is 3.03. The molecule has 1 aromatic rings. The lowest BCUT2D eigenvalue weighted by Crippen LogP contribution is -2.32. The first-order chi connectivity index (χ1) is 9.52. The predicted molar refractivity (Wildman–Crippen MR) is 82.0 cm³/mol. The molecule has 0 heterocycles. The van der Waals surface area contributed by atoms with Crippen molar-refractivity contribution in [1.29, 1.82) is 0 Å². The van der Waals surface area contributed by atoms with Crippen LogP contribution in [0.2, 0.25) is 0 Å². The van der Waals surface area contributed by atoms with Crippen LogP contribution in [0, 0.1) is 5.92 Å². The molecular formula is C16H24N2O2. The molecule has 4 nitrogen and oxygen atoms in total. The summed E-state index contributed by atoms with van der Waals surface area (Å²) in [5, 5.41) is 6.70. The molecule has 1 unspecified atom stereocenters. The van der Waals surface area contributed by atoms with Crippen LogP contribution in [0.5, 0.6) is 0 Å². The molecule has 0 saturated heterocycles. The van der Waals surface area contributed by atoms with Crippen molar-refractivity contribution in [2.75, 3.05) is 7.11 Å². The van der Waals surface area contributed by atoms with Gasteiger partial charge in [-0.25, -0.2) is 0 Å². The summed E-state index contributed by atoms with van der Waals surface area (Å²) in [5.41, 5.74) is 1.56. The number of nitrogens with zero attached hydrogens (tertiary/aromatic N) is 1. The minimum atomic E-state index is -0.0310. The van der Waals surface area contributed by atoms with E-state index in [1.54, 1.807) is 18.3 Å². The third-order valence-electron chi connectivity index (χ3n) is 3.03. The van der Waals surface area contributed by atoms with E-state index in [1.807, 2.05) is 19.1 Å². The Morgan fingerprint density at radius 3 is 2.45 bits per heavy atom. The average molecular weight is 276 g/mol. The Bertz CT molecular complexity index is 438. The van der Waals surface area contributed by atoms with Crippen molar-refractivity contribution in [2.45, 2.75) is 39.7 Å². The predicted octanol–water partition coefficient (Wildman–Crippen LogP) is 3.22. The van der Waals surface area contributed by atoms with Gasteiger partial charge in [0.2, 0.25) is 0 Å². The molecule has 1 rings (SSSR count). The maximum atomic E-state index is 12.1. The Morgan fingerprint density at radius 1 is 1.25 bits per heavy atom. The van der Waals surface area contributed by atoms with Gasteiger partial charge in [0, 0.05) is 11.6 Å². The Morgan fingerprint density at radius 2 is 1.90 bits per heavy atom. The van der Waals surface area contributed by atoms with Gasteiger partial charge in [0.05, 0.1) is 6.21 Å². The number of amides is 1. The number of hydrogen-bond donors (Lipinski definition) is 1. The second-order valence-electron chi connectivity index (χ2n) is 5.38.